The molecule has 19 heavy (non-hydrogen) atoms. The number of thiophene rings is 1. The summed E-state index contributed by atoms with van der Waals surface area (Å²) < 4.78 is 5.17. The van der Waals surface area contributed by atoms with Gasteiger partial charge in [0.2, 0.25) is 5.91 Å². The maximum atomic E-state index is 11.8. The molecule has 104 valence electrons. The summed E-state index contributed by atoms with van der Waals surface area (Å²) >= 11 is 1.56. The normalized spacial score (nSPS) is 9.84. The predicted molar refractivity (Wildman–Crippen MR) is 75.9 cm³/mol. The summed E-state index contributed by atoms with van der Waals surface area (Å²) in [4.78, 5) is 14.6. The second-order valence-corrected chi connectivity index (χ2v) is 4.95. The Labute approximate surface area is 118 Å². The summed E-state index contributed by atoms with van der Waals surface area (Å²) in [6.07, 6.45) is 0.410. The molecule has 0 fully saturated rings. The fourth-order valence-electron chi connectivity index (χ4n) is 1.49. The number of aliphatic hydroxyl groups excluding tert-OH is 1. The van der Waals surface area contributed by atoms with Gasteiger partial charge < -0.3 is 14.7 Å². The van der Waals surface area contributed by atoms with E-state index in [-0.39, 0.29) is 12.5 Å². The molecule has 1 aromatic heterocycles. The van der Waals surface area contributed by atoms with Crippen molar-refractivity contribution in [3.63, 3.8) is 0 Å². The van der Waals surface area contributed by atoms with Gasteiger partial charge in [0, 0.05) is 29.5 Å². The van der Waals surface area contributed by atoms with Gasteiger partial charge >= 0.3 is 0 Å². The first kappa shape index (κ1) is 15.7. The Balaban J connectivity index is 2.45. The van der Waals surface area contributed by atoms with Crippen molar-refractivity contribution in [1.29, 1.82) is 0 Å². The third kappa shape index (κ3) is 5.88. The SMILES string of the molecule is CCOCCC(=O)N(C)Cc1cc(C#CCO)cs1. The number of ether oxygens (including phenoxy) is 1. The van der Waals surface area contributed by atoms with Crippen LogP contribution in [0.1, 0.15) is 23.8 Å². The third-order valence-electron chi connectivity index (χ3n) is 2.45. The van der Waals surface area contributed by atoms with Crippen molar-refractivity contribution in [3.8, 4) is 11.8 Å². The second kappa shape index (κ2) is 8.70. The van der Waals surface area contributed by atoms with E-state index in [1.54, 1.807) is 23.3 Å². The van der Waals surface area contributed by atoms with E-state index in [1.165, 1.54) is 0 Å². The zero-order chi connectivity index (χ0) is 14.1. The summed E-state index contributed by atoms with van der Waals surface area (Å²) in [6, 6.07) is 1.94. The van der Waals surface area contributed by atoms with Gasteiger partial charge in [0.05, 0.1) is 19.6 Å². The monoisotopic (exact) mass is 281 g/mol. The molecular weight excluding hydrogens is 262 g/mol. The molecule has 1 amide bonds. The van der Waals surface area contributed by atoms with Gasteiger partial charge in [-0.25, -0.2) is 0 Å². The first-order valence-electron chi connectivity index (χ1n) is 6.16. The highest BCUT2D eigenvalue weighted by atomic mass is 32.1. The smallest absolute Gasteiger partial charge is 0.224 e. The Morgan fingerprint density at radius 1 is 1.58 bits per heavy atom. The fourth-order valence-corrected chi connectivity index (χ4v) is 2.36. The second-order valence-electron chi connectivity index (χ2n) is 3.96. The Bertz CT molecular complexity index is 459. The molecule has 0 aliphatic rings. The van der Waals surface area contributed by atoms with Gasteiger partial charge in [-0.2, -0.15) is 0 Å². The molecule has 0 aliphatic heterocycles. The highest BCUT2D eigenvalue weighted by Crippen LogP contribution is 2.16. The predicted octanol–water partition coefficient (Wildman–Crippen LogP) is 1.48. The molecule has 0 spiro atoms. The number of hydrogen-bond acceptors (Lipinski definition) is 4. The Morgan fingerprint density at radius 3 is 3.05 bits per heavy atom. The topological polar surface area (TPSA) is 49.8 Å². The zero-order valence-corrected chi connectivity index (χ0v) is 12.1. The van der Waals surface area contributed by atoms with Crippen LogP contribution < -0.4 is 0 Å². The Morgan fingerprint density at radius 2 is 2.37 bits per heavy atom. The van der Waals surface area contributed by atoms with Crippen molar-refractivity contribution in [2.75, 3.05) is 26.9 Å². The zero-order valence-electron chi connectivity index (χ0n) is 11.3. The molecule has 0 aliphatic carbocycles. The van der Waals surface area contributed by atoms with Crippen molar-refractivity contribution in [2.24, 2.45) is 0 Å². The van der Waals surface area contributed by atoms with Crippen LogP contribution in [0.5, 0.6) is 0 Å². The number of nitrogens with zero attached hydrogens (tertiary/aromatic N) is 1. The maximum Gasteiger partial charge on any atom is 0.224 e. The molecule has 0 atom stereocenters. The number of carbonyl (C=O) groups is 1. The molecule has 1 N–H and O–H groups in total. The minimum Gasteiger partial charge on any atom is -0.384 e. The first-order valence-corrected chi connectivity index (χ1v) is 7.04. The number of hydrogen-bond donors (Lipinski definition) is 1. The fraction of sp³-hybridized carbons (Fsp3) is 0.500. The van der Waals surface area contributed by atoms with Gasteiger partial charge in [-0.15, -0.1) is 11.3 Å². The Hall–Kier alpha value is -1.35. The van der Waals surface area contributed by atoms with E-state index in [0.29, 0.717) is 26.2 Å². The van der Waals surface area contributed by atoms with Crippen molar-refractivity contribution >= 4 is 17.2 Å². The van der Waals surface area contributed by atoms with E-state index < -0.39 is 0 Å². The molecule has 0 bridgehead atoms. The minimum absolute atomic E-state index is 0.0739. The molecule has 1 aromatic rings. The molecule has 0 radical (unpaired) electrons. The van der Waals surface area contributed by atoms with E-state index >= 15 is 0 Å². The van der Waals surface area contributed by atoms with E-state index in [4.69, 9.17) is 9.84 Å². The van der Waals surface area contributed by atoms with Crippen LogP contribution in [0.4, 0.5) is 0 Å². The number of rotatable bonds is 6. The molecule has 4 nitrogen and oxygen atoms in total. The standard InChI is InChI=1S/C14H19NO3S/c1-3-18-8-6-14(17)15(2)10-13-9-12(11-19-13)5-4-7-16/h9,11,16H,3,6-8,10H2,1-2H3. The summed E-state index contributed by atoms with van der Waals surface area (Å²) in [6.45, 7) is 3.46. The van der Waals surface area contributed by atoms with Crippen LogP contribution in [0.15, 0.2) is 11.4 Å². The van der Waals surface area contributed by atoms with E-state index in [2.05, 4.69) is 11.8 Å². The Kier molecular flexibility index (Phi) is 7.19. The number of aliphatic hydroxyl groups is 1. The van der Waals surface area contributed by atoms with Gasteiger partial charge in [0.15, 0.2) is 0 Å². The average Bonchev–Trinajstić information content (AvgIpc) is 2.84. The molecule has 0 aromatic carbocycles. The van der Waals surface area contributed by atoms with Crippen molar-refractivity contribution < 1.29 is 14.6 Å². The molecule has 0 saturated heterocycles. The van der Waals surface area contributed by atoms with Crippen LogP contribution in [0.25, 0.3) is 0 Å². The van der Waals surface area contributed by atoms with Crippen LogP contribution in [0.2, 0.25) is 0 Å². The summed E-state index contributed by atoms with van der Waals surface area (Å²) in [5.41, 5.74) is 0.879. The van der Waals surface area contributed by atoms with Crippen LogP contribution in [0, 0.1) is 11.8 Å². The lowest BCUT2D eigenvalue weighted by atomic mass is 10.3. The molecule has 0 unspecified atom stereocenters. The van der Waals surface area contributed by atoms with Gasteiger partial charge in [-0.1, -0.05) is 11.8 Å². The molecular formula is C14H19NO3S. The van der Waals surface area contributed by atoms with Gasteiger partial charge in [0.1, 0.15) is 6.61 Å². The largest absolute Gasteiger partial charge is 0.384 e. The summed E-state index contributed by atoms with van der Waals surface area (Å²) in [5.74, 6) is 5.52. The van der Waals surface area contributed by atoms with Crippen molar-refractivity contribution in [3.05, 3.63) is 21.9 Å². The van der Waals surface area contributed by atoms with Crippen molar-refractivity contribution in [2.45, 2.75) is 19.9 Å². The maximum absolute atomic E-state index is 11.8. The molecule has 5 heteroatoms. The number of amides is 1. The van der Waals surface area contributed by atoms with Gasteiger partial charge in [-0.3, -0.25) is 4.79 Å². The summed E-state index contributed by atoms with van der Waals surface area (Å²) in [7, 11) is 1.78. The van der Waals surface area contributed by atoms with Crippen LogP contribution in [0.3, 0.4) is 0 Å². The minimum atomic E-state index is -0.138. The van der Waals surface area contributed by atoms with E-state index in [1.807, 2.05) is 18.4 Å². The molecule has 1 rings (SSSR count). The van der Waals surface area contributed by atoms with Gasteiger partial charge in [0.25, 0.3) is 0 Å². The van der Waals surface area contributed by atoms with Crippen LogP contribution >= 0.6 is 11.3 Å². The van der Waals surface area contributed by atoms with E-state index in [0.717, 1.165) is 10.4 Å². The lowest BCUT2D eigenvalue weighted by Crippen LogP contribution is -2.26. The van der Waals surface area contributed by atoms with Crippen molar-refractivity contribution in [1.82, 2.24) is 4.90 Å². The average molecular weight is 281 g/mol. The highest BCUT2D eigenvalue weighted by molar-refractivity contribution is 7.10. The molecule has 1 heterocycles. The highest BCUT2D eigenvalue weighted by Gasteiger charge is 2.10. The van der Waals surface area contributed by atoms with Gasteiger partial charge in [-0.05, 0) is 13.0 Å². The van der Waals surface area contributed by atoms with Crippen LogP contribution in [-0.2, 0) is 16.1 Å². The molecule has 0 saturated carbocycles. The lowest BCUT2D eigenvalue weighted by molar-refractivity contribution is -0.131. The lowest BCUT2D eigenvalue weighted by Gasteiger charge is -2.15. The van der Waals surface area contributed by atoms with Crippen LogP contribution in [-0.4, -0.2) is 42.8 Å². The quantitative estimate of drug-likeness (QED) is 0.634. The van der Waals surface area contributed by atoms with E-state index in [9.17, 15) is 4.79 Å². The summed E-state index contributed by atoms with van der Waals surface area (Å²) in [5, 5.41) is 10.5. The first-order chi connectivity index (χ1) is 9.17. The third-order valence-corrected chi connectivity index (χ3v) is 3.37. The number of carbonyl (C=O) groups excluding carboxylic acids is 1.